The Kier molecular flexibility index (Phi) is 3.47. The van der Waals surface area contributed by atoms with Gasteiger partial charge in [-0.1, -0.05) is 0 Å². The standard InChI is InChI=1S/C13H17BrN2OS/c1-16-6-5-10(13(16)17)15-9-3-2-4-11-8(9)7-12(14)18-11/h7,9-10,15H,2-6H2,1H3. The third-order valence-corrected chi connectivity index (χ3v) is 5.63. The van der Waals surface area contributed by atoms with Crippen molar-refractivity contribution in [1.29, 1.82) is 0 Å². The van der Waals surface area contributed by atoms with Crippen LogP contribution in [-0.4, -0.2) is 30.4 Å². The van der Waals surface area contributed by atoms with Gasteiger partial charge < -0.3 is 4.90 Å². The molecule has 2 atom stereocenters. The summed E-state index contributed by atoms with van der Waals surface area (Å²) in [4.78, 5) is 15.3. The molecule has 1 aliphatic heterocycles. The van der Waals surface area contributed by atoms with Gasteiger partial charge in [0.25, 0.3) is 0 Å². The van der Waals surface area contributed by atoms with Gasteiger partial charge in [0.2, 0.25) is 5.91 Å². The lowest BCUT2D eigenvalue weighted by atomic mass is 9.93. The van der Waals surface area contributed by atoms with Crippen LogP contribution in [0.4, 0.5) is 0 Å². The van der Waals surface area contributed by atoms with Gasteiger partial charge in [-0.15, -0.1) is 11.3 Å². The molecular weight excluding hydrogens is 312 g/mol. The van der Waals surface area contributed by atoms with Crippen LogP contribution < -0.4 is 5.32 Å². The van der Waals surface area contributed by atoms with E-state index in [0.717, 1.165) is 19.4 Å². The summed E-state index contributed by atoms with van der Waals surface area (Å²) >= 11 is 5.40. The molecular formula is C13H17BrN2OS. The zero-order chi connectivity index (χ0) is 12.7. The molecule has 3 rings (SSSR count). The van der Waals surface area contributed by atoms with E-state index in [1.54, 1.807) is 0 Å². The van der Waals surface area contributed by atoms with E-state index in [-0.39, 0.29) is 11.9 Å². The summed E-state index contributed by atoms with van der Waals surface area (Å²) in [6, 6.07) is 2.60. The van der Waals surface area contributed by atoms with Crippen LogP contribution in [0.2, 0.25) is 0 Å². The minimum atomic E-state index is 0.0182. The minimum absolute atomic E-state index is 0.0182. The lowest BCUT2D eigenvalue weighted by Crippen LogP contribution is -2.39. The monoisotopic (exact) mass is 328 g/mol. The Morgan fingerprint density at radius 1 is 1.44 bits per heavy atom. The Bertz CT molecular complexity index is 474. The van der Waals surface area contributed by atoms with Gasteiger partial charge >= 0.3 is 0 Å². The van der Waals surface area contributed by atoms with Crippen molar-refractivity contribution in [3.63, 3.8) is 0 Å². The number of rotatable bonds is 2. The summed E-state index contributed by atoms with van der Waals surface area (Å²) in [7, 11) is 1.89. The number of fused-ring (bicyclic) bond motifs is 1. The van der Waals surface area contributed by atoms with E-state index < -0.39 is 0 Å². The maximum Gasteiger partial charge on any atom is 0.239 e. The molecule has 0 radical (unpaired) electrons. The number of hydrogen-bond donors (Lipinski definition) is 1. The van der Waals surface area contributed by atoms with Crippen LogP contribution in [0.3, 0.4) is 0 Å². The number of amides is 1. The number of carbonyl (C=O) groups excluding carboxylic acids is 1. The highest BCUT2D eigenvalue weighted by Gasteiger charge is 2.32. The molecule has 1 fully saturated rings. The molecule has 5 heteroatoms. The highest BCUT2D eigenvalue weighted by atomic mass is 79.9. The molecule has 18 heavy (non-hydrogen) atoms. The van der Waals surface area contributed by atoms with Gasteiger partial charge in [0.15, 0.2) is 0 Å². The molecule has 1 N–H and O–H groups in total. The van der Waals surface area contributed by atoms with E-state index in [9.17, 15) is 4.79 Å². The molecule has 1 aliphatic carbocycles. The second-order valence-corrected chi connectivity index (χ2v) is 7.66. The fourth-order valence-corrected chi connectivity index (χ4v) is 4.73. The van der Waals surface area contributed by atoms with E-state index >= 15 is 0 Å². The predicted octanol–water partition coefficient (Wildman–Crippen LogP) is 2.71. The number of thiophene rings is 1. The molecule has 0 saturated carbocycles. The fraction of sp³-hybridized carbons (Fsp3) is 0.615. The Hall–Kier alpha value is -0.390. The van der Waals surface area contributed by atoms with E-state index in [0.29, 0.717) is 6.04 Å². The van der Waals surface area contributed by atoms with Crippen molar-refractivity contribution in [2.75, 3.05) is 13.6 Å². The number of nitrogens with zero attached hydrogens (tertiary/aromatic N) is 1. The summed E-state index contributed by atoms with van der Waals surface area (Å²) in [5.41, 5.74) is 1.40. The molecule has 1 saturated heterocycles. The molecule has 1 amide bonds. The van der Waals surface area contributed by atoms with Crippen LogP contribution in [0.15, 0.2) is 9.85 Å². The smallest absolute Gasteiger partial charge is 0.239 e. The van der Waals surface area contributed by atoms with Crippen LogP contribution in [0.1, 0.15) is 35.7 Å². The maximum absolute atomic E-state index is 12.0. The second kappa shape index (κ2) is 4.94. The molecule has 2 heterocycles. The largest absolute Gasteiger partial charge is 0.344 e. The summed E-state index contributed by atoms with van der Waals surface area (Å²) in [6.07, 6.45) is 4.48. The van der Waals surface area contributed by atoms with E-state index in [1.807, 2.05) is 23.3 Å². The molecule has 0 bridgehead atoms. The Balaban J connectivity index is 1.76. The number of hydrogen-bond acceptors (Lipinski definition) is 3. The van der Waals surface area contributed by atoms with Crippen molar-refractivity contribution < 1.29 is 4.79 Å². The average Bonchev–Trinajstić information content (AvgIpc) is 2.86. The normalized spacial score (nSPS) is 27.7. The number of nitrogens with one attached hydrogen (secondary N) is 1. The summed E-state index contributed by atoms with van der Waals surface area (Å²) in [6.45, 7) is 0.878. The molecule has 1 aromatic heterocycles. The molecule has 98 valence electrons. The van der Waals surface area contributed by atoms with Crippen molar-refractivity contribution in [3.8, 4) is 0 Å². The lowest BCUT2D eigenvalue weighted by molar-refractivity contribution is -0.128. The van der Waals surface area contributed by atoms with E-state index in [4.69, 9.17) is 0 Å². The maximum atomic E-state index is 12.0. The first-order chi connectivity index (χ1) is 8.65. The first-order valence-electron chi connectivity index (χ1n) is 6.44. The zero-order valence-electron chi connectivity index (χ0n) is 10.4. The van der Waals surface area contributed by atoms with Crippen LogP contribution in [0.5, 0.6) is 0 Å². The van der Waals surface area contributed by atoms with E-state index in [2.05, 4.69) is 27.3 Å². The quantitative estimate of drug-likeness (QED) is 0.905. The first-order valence-corrected chi connectivity index (χ1v) is 8.05. The van der Waals surface area contributed by atoms with Crippen LogP contribution >= 0.6 is 27.3 Å². The number of halogens is 1. The first kappa shape index (κ1) is 12.6. The number of carbonyl (C=O) groups is 1. The Labute approximate surface area is 120 Å². The predicted molar refractivity (Wildman–Crippen MR) is 76.9 cm³/mol. The van der Waals surface area contributed by atoms with Gasteiger partial charge in [0.1, 0.15) is 0 Å². The Morgan fingerprint density at radius 2 is 2.28 bits per heavy atom. The van der Waals surface area contributed by atoms with Crippen molar-refractivity contribution in [2.24, 2.45) is 0 Å². The van der Waals surface area contributed by atoms with Crippen molar-refractivity contribution in [3.05, 3.63) is 20.3 Å². The summed E-state index contributed by atoms with van der Waals surface area (Å²) in [5, 5.41) is 3.56. The number of likely N-dealkylation sites (N-methyl/N-ethyl adjacent to an activating group) is 1. The van der Waals surface area contributed by atoms with Gasteiger partial charge in [0.05, 0.1) is 9.83 Å². The Morgan fingerprint density at radius 3 is 3.00 bits per heavy atom. The molecule has 0 aromatic carbocycles. The minimum Gasteiger partial charge on any atom is -0.344 e. The van der Waals surface area contributed by atoms with Crippen LogP contribution in [0.25, 0.3) is 0 Å². The van der Waals surface area contributed by atoms with Crippen LogP contribution in [0, 0.1) is 0 Å². The van der Waals surface area contributed by atoms with Gasteiger partial charge in [-0.3, -0.25) is 10.1 Å². The second-order valence-electron chi connectivity index (χ2n) is 5.14. The zero-order valence-corrected chi connectivity index (χ0v) is 12.8. The average molecular weight is 329 g/mol. The topological polar surface area (TPSA) is 32.3 Å². The highest BCUT2D eigenvalue weighted by Crippen LogP contribution is 2.38. The molecule has 0 spiro atoms. The molecule has 2 unspecified atom stereocenters. The molecule has 3 nitrogen and oxygen atoms in total. The van der Waals surface area contributed by atoms with Crippen molar-refractivity contribution in [2.45, 2.75) is 37.8 Å². The SMILES string of the molecule is CN1CCC(NC2CCCc3sc(Br)cc32)C1=O. The number of aryl methyl sites for hydroxylation is 1. The lowest BCUT2D eigenvalue weighted by Gasteiger charge is -2.26. The molecule has 2 aliphatic rings. The van der Waals surface area contributed by atoms with Crippen molar-refractivity contribution in [1.82, 2.24) is 10.2 Å². The van der Waals surface area contributed by atoms with Gasteiger partial charge in [-0.25, -0.2) is 0 Å². The van der Waals surface area contributed by atoms with Gasteiger partial charge in [-0.05, 0) is 53.2 Å². The van der Waals surface area contributed by atoms with Gasteiger partial charge in [-0.2, -0.15) is 0 Å². The van der Waals surface area contributed by atoms with Gasteiger partial charge in [0, 0.05) is 24.5 Å². The van der Waals surface area contributed by atoms with Crippen molar-refractivity contribution >= 4 is 33.2 Å². The van der Waals surface area contributed by atoms with Crippen LogP contribution in [-0.2, 0) is 11.2 Å². The summed E-state index contributed by atoms with van der Waals surface area (Å²) < 4.78 is 1.20. The number of likely N-dealkylation sites (tertiary alicyclic amines) is 1. The highest BCUT2D eigenvalue weighted by molar-refractivity contribution is 9.11. The third kappa shape index (κ3) is 2.24. The summed E-state index contributed by atoms with van der Waals surface area (Å²) in [5.74, 6) is 0.247. The third-order valence-electron chi connectivity index (χ3n) is 3.91. The fourth-order valence-electron chi connectivity index (χ4n) is 2.91. The molecule has 1 aromatic rings. The van der Waals surface area contributed by atoms with E-state index in [1.165, 1.54) is 27.1 Å².